The third-order valence-corrected chi connectivity index (χ3v) is 6.00. The van der Waals surface area contributed by atoms with E-state index in [0.717, 1.165) is 23.4 Å². The summed E-state index contributed by atoms with van der Waals surface area (Å²) in [7, 11) is -2.94. The second-order valence-electron chi connectivity index (χ2n) is 6.78. The van der Waals surface area contributed by atoms with E-state index >= 15 is 0 Å². The van der Waals surface area contributed by atoms with Gasteiger partial charge in [-0.25, -0.2) is 4.57 Å². The van der Waals surface area contributed by atoms with Crippen LogP contribution in [0.5, 0.6) is 0 Å². The van der Waals surface area contributed by atoms with E-state index in [4.69, 9.17) is 4.52 Å². The summed E-state index contributed by atoms with van der Waals surface area (Å²) in [6, 6.07) is 18.9. The van der Waals surface area contributed by atoms with Gasteiger partial charge in [0.05, 0.1) is 6.61 Å². The number of benzene rings is 4. The number of hydrogen-bond acceptors (Lipinski definition) is 4. The molecule has 0 spiro atoms. The lowest BCUT2D eigenvalue weighted by molar-refractivity contribution is 0.120. The average molecular weight is 384 g/mol. The number of phosphoric ester groups is 1. The van der Waals surface area contributed by atoms with Gasteiger partial charge < -0.3 is 10.00 Å². The van der Waals surface area contributed by atoms with Crippen LogP contribution in [-0.2, 0) is 20.0 Å². The monoisotopic (exact) mass is 384 g/mol. The van der Waals surface area contributed by atoms with Gasteiger partial charge in [-0.2, -0.15) is 0 Å². The first-order valence-electron chi connectivity index (χ1n) is 8.82. The van der Waals surface area contributed by atoms with Crippen molar-refractivity contribution < 1.29 is 23.6 Å². The Kier molecular flexibility index (Phi) is 4.89. The van der Waals surface area contributed by atoms with E-state index < -0.39 is 7.82 Å². The molecule has 140 valence electrons. The van der Waals surface area contributed by atoms with E-state index in [1.807, 2.05) is 12.1 Å². The maximum Gasteiger partial charge on any atom is 0.471 e. The molecule has 0 aromatic heterocycles. The number of aliphatic hydroxyl groups is 1. The van der Waals surface area contributed by atoms with Gasteiger partial charge in [0.25, 0.3) is 0 Å². The van der Waals surface area contributed by atoms with Gasteiger partial charge >= 0.3 is 7.82 Å². The fourth-order valence-corrected chi connectivity index (χ4v) is 4.25. The summed E-state index contributed by atoms with van der Waals surface area (Å²) < 4.78 is 21.0. The topological polar surface area (TPSA) is 76.0 Å². The van der Waals surface area contributed by atoms with E-state index in [-0.39, 0.29) is 19.1 Å². The van der Waals surface area contributed by atoms with Crippen molar-refractivity contribution in [2.45, 2.75) is 6.42 Å². The van der Waals surface area contributed by atoms with Crippen molar-refractivity contribution in [3.63, 3.8) is 0 Å². The zero-order valence-electron chi connectivity index (χ0n) is 15.0. The minimum absolute atomic E-state index is 0.0583. The minimum Gasteiger partial charge on any atom is -0.396 e. The van der Waals surface area contributed by atoms with Gasteiger partial charge in [0.2, 0.25) is 0 Å². The lowest BCUT2D eigenvalue weighted by Crippen LogP contribution is -2.16. The van der Waals surface area contributed by atoms with Crippen molar-refractivity contribution in [1.29, 1.82) is 0 Å². The second kappa shape index (κ2) is 7.19. The van der Waals surface area contributed by atoms with Crippen molar-refractivity contribution in [1.82, 2.24) is 0 Å². The van der Waals surface area contributed by atoms with Crippen molar-refractivity contribution in [2.24, 2.45) is 5.92 Å². The van der Waals surface area contributed by atoms with Crippen LogP contribution in [0, 0.1) is 5.92 Å². The van der Waals surface area contributed by atoms with Crippen molar-refractivity contribution in [3.05, 3.63) is 60.2 Å². The van der Waals surface area contributed by atoms with E-state index in [9.17, 15) is 14.6 Å². The van der Waals surface area contributed by atoms with Crippen LogP contribution < -0.4 is 0 Å². The van der Waals surface area contributed by atoms with Crippen LogP contribution >= 0.6 is 7.82 Å². The van der Waals surface area contributed by atoms with Gasteiger partial charge in [-0.3, -0.25) is 9.05 Å². The molecule has 0 heterocycles. The summed E-state index contributed by atoms with van der Waals surface area (Å²) in [5.41, 5.74) is 1.08. The third kappa shape index (κ3) is 3.45. The van der Waals surface area contributed by atoms with Crippen LogP contribution in [0.2, 0.25) is 0 Å². The van der Waals surface area contributed by atoms with Crippen molar-refractivity contribution in [2.75, 3.05) is 20.3 Å². The molecule has 4 rings (SSSR count). The van der Waals surface area contributed by atoms with Crippen LogP contribution in [0.1, 0.15) is 5.56 Å². The fraction of sp³-hybridized carbons (Fsp3) is 0.238. The molecule has 6 heteroatoms. The van der Waals surface area contributed by atoms with Gasteiger partial charge in [0.15, 0.2) is 0 Å². The molecule has 2 atom stereocenters. The quantitative estimate of drug-likeness (QED) is 0.362. The Bertz CT molecular complexity index is 1140. The highest BCUT2D eigenvalue weighted by atomic mass is 31.2. The van der Waals surface area contributed by atoms with Gasteiger partial charge in [-0.1, -0.05) is 54.6 Å². The number of hydrogen-bond donors (Lipinski definition) is 2. The first-order valence-corrected chi connectivity index (χ1v) is 10.3. The molecule has 4 aromatic carbocycles. The molecule has 0 radical (unpaired) electrons. The maximum atomic E-state index is 11.6. The van der Waals surface area contributed by atoms with Crippen LogP contribution in [-0.4, -0.2) is 30.3 Å². The molecule has 4 aromatic rings. The zero-order chi connectivity index (χ0) is 19.0. The lowest BCUT2D eigenvalue weighted by Gasteiger charge is -2.19. The number of aliphatic hydroxyl groups excluding tert-OH is 1. The predicted molar refractivity (Wildman–Crippen MR) is 107 cm³/mol. The molecule has 0 aliphatic rings. The SMILES string of the molecule is COP(=O)(O)OCC(CO)Cc1cc2cccc3ccc4cccc1c4c32. The summed E-state index contributed by atoms with van der Waals surface area (Å²) in [5, 5.41) is 16.9. The highest BCUT2D eigenvalue weighted by molar-refractivity contribution is 7.47. The number of phosphoric acid groups is 1. The molecule has 0 aliphatic carbocycles. The third-order valence-electron chi connectivity index (χ3n) is 5.06. The van der Waals surface area contributed by atoms with Crippen LogP contribution in [0.25, 0.3) is 32.3 Å². The molecule has 27 heavy (non-hydrogen) atoms. The zero-order valence-corrected chi connectivity index (χ0v) is 15.9. The first-order chi connectivity index (χ1) is 13.0. The Morgan fingerprint density at radius 3 is 2.37 bits per heavy atom. The molecule has 0 bridgehead atoms. The summed E-state index contributed by atoms with van der Waals surface area (Å²) >= 11 is 0. The summed E-state index contributed by atoms with van der Waals surface area (Å²) in [5.74, 6) is -0.313. The van der Waals surface area contributed by atoms with Crippen LogP contribution in [0.15, 0.2) is 54.6 Å². The Morgan fingerprint density at radius 1 is 1.00 bits per heavy atom. The minimum atomic E-state index is -4.06. The van der Waals surface area contributed by atoms with E-state index in [1.165, 1.54) is 21.5 Å². The van der Waals surface area contributed by atoms with Crippen molar-refractivity contribution >= 4 is 40.1 Å². The van der Waals surface area contributed by atoms with Gasteiger partial charge in [-0.05, 0) is 44.3 Å². The predicted octanol–water partition coefficient (Wildman–Crippen LogP) is 4.50. The Hall–Kier alpha value is -2.01. The summed E-state index contributed by atoms with van der Waals surface area (Å²) in [4.78, 5) is 9.44. The smallest absolute Gasteiger partial charge is 0.396 e. The number of rotatable bonds is 7. The first kappa shape index (κ1) is 18.4. The van der Waals surface area contributed by atoms with Crippen LogP contribution in [0.4, 0.5) is 0 Å². The van der Waals surface area contributed by atoms with Crippen molar-refractivity contribution in [3.8, 4) is 0 Å². The molecule has 2 N–H and O–H groups in total. The summed E-state index contributed by atoms with van der Waals surface area (Å²) in [6.45, 7) is -0.208. The molecular formula is C21H21O5P. The van der Waals surface area contributed by atoms with Gasteiger partial charge in [-0.15, -0.1) is 0 Å². The standard InChI is InChI=1S/C21H21O5P/c1-25-27(23,24)26-13-14(12-22)10-18-11-17-6-2-4-15-8-9-16-5-3-7-19(18)21(16)20(15)17/h2-9,11,14,22H,10,12-13H2,1H3,(H,23,24). The normalized spacial score (nSPS) is 15.5. The molecule has 0 amide bonds. The molecule has 0 saturated carbocycles. The Labute approximate surface area is 157 Å². The molecule has 0 fully saturated rings. The second-order valence-corrected chi connectivity index (χ2v) is 8.34. The summed E-state index contributed by atoms with van der Waals surface area (Å²) in [6.07, 6.45) is 0.532. The van der Waals surface area contributed by atoms with E-state index in [2.05, 4.69) is 47.0 Å². The lowest BCUT2D eigenvalue weighted by atomic mass is 9.88. The van der Waals surface area contributed by atoms with Gasteiger partial charge in [0, 0.05) is 19.6 Å². The molecule has 2 unspecified atom stereocenters. The maximum absolute atomic E-state index is 11.6. The highest BCUT2D eigenvalue weighted by Crippen LogP contribution is 2.43. The Balaban J connectivity index is 1.78. The van der Waals surface area contributed by atoms with E-state index in [0.29, 0.717) is 6.42 Å². The molecule has 0 saturated heterocycles. The largest absolute Gasteiger partial charge is 0.471 e. The van der Waals surface area contributed by atoms with E-state index in [1.54, 1.807) is 0 Å². The molecular weight excluding hydrogens is 363 g/mol. The highest BCUT2D eigenvalue weighted by Gasteiger charge is 2.22. The Morgan fingerprint density at radius 2 is 1.67 bits per heavy atom. The average Bonchev–Trinajstić information content (AvgIpc) is 2.69. The van der Waals surface area contributed by atoms with Gasteiger partial charge in [0.1, 0.15) is 0 Å². The molecule has 5 nitrogen and oxygen atoms in total. The fourth-order valence-electron chi connectivity index (χ4n) is 3.75. The molecule has 0 aliphatic heterocycles. The van der Waals surface area contributed by atoms with Crippen LogP contribution in [0.3, 0.4) is 0 Å².